The average molecular weight is 296 g/mol. The number of carbonyl (C=O) groups is 2. The number of thiazole rings is 1. The van der Waals surface area contributed by atoms with Gasteiger partial charge in [-0.15, -0.1) is 11.3 Å². The summed E-state index contributed by atoms with van der Waals surface area (Å²) in [6.45, 7) is 1.78. The Morgan fingerprint density at radius 2 is 2.15 bits per heavy atom. The van der Waals surface area contributed by atoms with Crippen LogP contribution in [0.5, 0.6) is 0 Å². The van der Waals surface area contributed by atoms with Gasteiger partial charge in [0.05, 0.1) is 12.6 Å². The summed E-state index contributed by atoms with van der Waals surface area (Å²) in [5, 5.41) is 2.42. The largest absolute Gasteiger partial charge is 0.368 e. The van der Waals surface area contributed by atoms with Crippen LogP contribution in [0, 0.1) is 0 Å². The standard InChI is InChI=1S/C13H20N4O2S/c1-8(14)12-16-10(7-20-12)13(19)17(6-11(15)18)9-4-2-3-5-9/h7-9H,2-6,14H2,1H3,(H2,15,18). The van der Waals surface area contributed by atoms with Crippen LogP contribution in [0.15, 0.2) is 5.38 Å². The van der Waals surface area contributed by atoms with Gasteiger partial charge >= 0.3 is 0 Å². The number of aromatic nitrogens is 1. The third kappa shape index (κ3) is 3.34. The number of nitrogens with zero attached hydrogens (tertiary/aromatic N) is 2. The molecule has 1 aromatic rings. The molecule has 0 aliphatic heterocycles. The molecule has 4 N–H and O–H groups in total. The number of primary amides is 1. The second kappa shape index (κ2) is 6.32. The van der Waals surface area contributed by atoms with Gasteiger partial charge in [0.25, 0.3) is 5.91 Å². The number of amides is 2. The van der Waals surface area contributed by atoms with E-state index in [2.05, 4.69) is 4.98 Å². The SMILES string of the molecule is CC(N)c1nc(C(=O)N(CC(N)=O)C2CCCC2)cs1. The number of nitrogens with two attached hydrogens (primary N) is 2. The topological polar surface area (TPSA) is 102 Å². The van der Waals surface area contributed by atoms with Crippen LogP contribution in [0.4, 0.5) is 0 Å². The summed E-state index contributed by atoms with van der Waals surface area (Å²) >= 11 is 1.37. The van der Waals surface area contributed by atoms with Gasteiger partial charge in [-0.25, -0.2) is 4.98 Å². The maximum Gasteiger partial charge on any atom is 0.274 e. The van der Waals surface area contributed by atoms with E-state index in [1.54, 1.807) is 10.3 Å². The van der Waals surface area contributed by atoms with Crippen LogP contribution in [0.2, 0.25) is 0 Å². The Hall–Kier alpha value is -1.47. The van der Waals surface area contributed by atoms with E-state index in [-0.39, 0.29) is 24.5 Å². The van der Waals surface area contributed by atoms with Crippen LogP contribution in [0.1, 0.15) is 54.1 Å². The van der Waals surface area contributed by atoms with E-state index in [9.17, 15) is 9.59 Å². The molecule has 2 amide bonds. The van der Waals surface area contributed by atoms with Gasteiger partial charge in [-0.2, -0.15) is 0 Å². The first kappa shape index (κ1) is 14.9. The Morgan fingerprint density at radius 1 is 1.50 bits per heavy atom. The first-order valence-corrected chi connectivity index (χ1v) is 7.67. The molecule has 110 valence electrons. The van der Waals surface area contributed by atoms with Gasteiger partial charge in [-0.3, -0.25) is 9.59 Å². The molecule has 20 heavy (non-hydrogen) atoms. The van der Waals surface area contributed by atoms with Gasteiger partial charge in [-0.05, 0) is 19.8 Å². The molecule has 6 nitrogen and oxygen atoms in total. The normalized spacial score (nSPS) is 17.1. The summed E-state index contributed by atoms with van der Waals surface area (Å²) in [6, 6.07) is -0.104. The highest BCUT2D eigenvalue weighted by atomic mass is 32.1. The van der Waals surface area contributed by atoms with Gasteiger partial charge in [-0.1, -0.05) is 12.8 Å². The monoisotopic (exact) mass is 296 g/mol. The predicted molar refractivity (Wildman–Crippen MR) is 77.2 cm³/mol. The van der Waals surface area contributed by atoms with Crippen molar-refractivity contribution in [3.63, 3.8) is 0 Å². The lowest BCUT2D eigenvalue weighted by molar-refractivity contribution is -0.119. The maximum absolute atomic E-state index is 12.5. The molecule has 7 heteroatoms. The first-order chi connectivity index (χ1) is 9.49. The van der Waals surface area contributed by atoms with E-state index < -0.39 is 5.91 Å². The minimum Gasteiger partial charge on any atom is -0.368 e. The molecule has 1 aliphatic carbocycles. The first-order valence-electron chi connectivity index (χ1n) is 6.79. The Kier molecular flexibility index (Phi) is 4.72. The molecular formula is C13H20N4O2S. The number of hydrogen-bond donors (Lipinski definition) is 2. The van der Waals surface area contributed by atoms with Crippen LogP contribution < -0.4 is 11.5 Å². The van der Waals surface area contributed by atoms with E-state index in [0.717, 1.165) is 30.7 Å². The molecule has 0 saturated heterocycles. The summed E-state index contributed by atoms with van der Waals surface area (Å²) in [5.74, 6) is -0.716. The molecule has 0 radical (unpaired) electrons. The quantitative estimate of drug-likeness (QED) is 0.847. The van der Waals surface area contributed by atoms with Crippen molar-refractivity contribution in [2.24, 2.45) is 11.5 Å². The molecular weight excluding hydrogens is 276 g/mol. The van der Waals surface area contributed by atoms with Crippen LogP contribution in [-0.4, -0.2) is 34.3 Å². The second-order valence-corrected chi connectivity index (χ2v) is 6.09. The van der Waals surface area contributed by atoms with Crippen LogP contribution in [0.25, 0.3) is 0 Å². The van der Waals surface area contributed by atoms with Crippen molar-refractivity contribution in [1.29, 1.82) is 0 Å². The van der Waals surface area contributed by atoms with Crippen molar-refractivity contribution in [1.82, 2.24) is 9.88 Å². The van der Waals surface area contributed by atoms with Crippen LogP contribution in [0.3, 0.4) is 0 Å². The van der Waals surface area contributed by atoms with Gasteiger partial charge in [0.15, 0.2) is 0 Å². The highest BCUT2D eigenvalue weighted by molar-refractivity contribution is 7.09. The molecule has 0 spiro atoms. The maximum atomic E-state index is 12.5. The summed E-state index contributed by atoms with van der Waals surface area (Å²) in [5.41, 5.74) is 11.4. The van der Waals surface area contributed by atoms with Crippen molar-refractivity contribution >= 4 is 23.2 Å². The lowest BCUT2D eigenvalue weighted by atomic mass is 10.2. The molecule has 1 atom stereocenters. The molecule has 0 bridgehead atoms. The summed E-state index contributed by atoms with van der Waals surface area (Å²) in [4.78, 5) is 29.6. The molecule has 2 rings (SSSR count). The van der Waals surface area contributed by atoms with E-state index >= 15 is 0 Å². The number of carbonyl (C=O) groups excluding carboxylic acids is 2. The molecule has 1 aliphatic rings. The van der Waals surface area contributed by atoms with Gasteiger partial charge in [0, 0.05) is 11.4 Å². The molecule has 1 unspecified atom stereocenters. The Morgan fingerprint density at radius 3 is 2.65 bits per heavy atom. The van der Waals surface area contributed by atoms with E-state index in [1.165, 1.54) is 11.3 Å². The minimum absolute atomic E-state index is 0.0471. The van der Waals surface area contributed by atoms with Gasteiger partial charge in [0.2, 0.25) is 5.91 Å². The minimum atomic E-state index is -0.493. The lowest BCUT2D eigenvalue weighted by Crippen LogP contribution is -2.44. The summed E-state index contributed by atoms with van der Waals surface area (Å²) in [6.07, 6.45) is 4.00. The van der Waals surface area contributed by atoms with E-state index in [4.69, 9.17) is 11.5 Å². The van der Waals surface area contributed by atoms with Crippen molar-refractivity contribution in [2.75, 3.05) is 6.54 Å². The lowest BCUT2D eigenvalue weighted by Gasteiger charge is -2.27. The van der Waals surface area contributed by atoms with Crippen molar-refractivity contribution in [3.05, 3.63) is 16.1 Å². The van der Waals surface area contributed by atoms with Gasteiger partial charge < -0.3 is 16.4 Å². The Balaban J connectivity index is 2.17. The fourth-order valence-corrected chi connectivity index (χ4v) is 3.24. The third-order valence-electron chi connectivity index (χ3n) is 3.48. The van der Waals surface area contributed by atoms with E-state index in [0.29, 0.717) is 5.69 Å². The zero-order chi connectivity index (χ0) is 14.7. The number of hydrogen-bond acceptors (Lipinski definition) is 5. The molecule has 1 aromatic heterocycles. The molecule has 1 fully saturated rings. The smallest absolute Gasteiger partial charge is 0.274 e. The van der Waals surface area contributed by atoms with Crippen molar-refractivity contribution in [2.45, 2.75) is 44.7 Å². The second-order valence-electron chi connectivity index (χ2n) is 5.20. The predicted octanol–water partition coefficient (Wildman–Crippen LogP) is 1.03. The number of rotatable bonds is 5. The third-order valence-corrected chi connectivity index (χ3v) is 4.53. The Bertz CT molecular complexity index is 494. The Labute approximate surface area is 122 Å². The van der Waals surface area contributed by atoms with Gasteiger partial charge in [0.1, 0.15) is 10.7 Å². The van der Waals surface area contributed by atoms with Crippen LogP contribution >= 0.6 is 11.3 Å². The van der Waals surface area contributed by atoms with E-state index in [1.807, 2.05) is 6.92 Å². The zero-order valence-electron chi connectivity index (χ0n) is 11.5. The highest BCUT2D eigenvalue weighted by Crippen LogP contribution is 2.25. The molecule has 1 heterocycles. The fourth-order valence-electron chi connectivity index (χ4n) is 2.49. The van der Waals surface area contributed by atoms with Crippen molar-refractivity contribution < 1.29 is 9.59 Å². The molecule has 0 aromatic carbocycles. The average Bonchev–Trinajstić information content (AvgIpc) is 3.05. The van der Waals surface area contributed by atoms with Crippen molar-refractivity contribution in [3.8, 4) is 0 Å². The zero-order valence-corrected chi connectivity index (χ0v) is 12.4. The highest BCUT2D eigenvalue weighted by Gasteiger charge is 2.29. The summed E-state index contributed by atoms with van der Waals surface area (Å²) < 4.78 is 0. The fraction of sp³-hybridized carbons (Fsp3) is 0.615. The molecule has 1 saturated carbocycles. The summed E-state index contributed by atoms with van der Waals surface area (Å²) in [7, 11) is 0. The van der Waals surface area contributed by atoms with Crippen LogP contribution in [-0.2, 0) is 4.79 Å².